The predicted molar refractivity (Wildman–Crippen MR) is 68.5 cm³/mol. The first-order chi connectivity index (χ1) is 10.0. The number of nitrogens with zero attached hydrogens (tertiary/aromatic N) is 4. The minimum absolute atomic E-state index is 0.183. The normalized spacial score (nSPS) is 27.7. The number of fused-ring (bicyclic) bond motifs is 1. The maximum Gasteiger partial charge on any atom is 0.319 e. The Labute approximate surface area is 118 Å². The minimum atomic E-state index is -1.44. The summed E-state index contributed by atoms with van der Waals surface area (Å²) in [6, 6.07) is 0. The summed E-state index contributed by atoms with van der Waals surface area (Å²) in [5.41, 5.74) is 6.35. The molecular weight excluding hydrogens is 282 g/mol. The SMILES string of the molecule is CO/C(O)=C1\O[C@@H](n2cnc3c(N)ncnc32)[C@H](O)[C@@H]1O. The lowest BCUT2D eigenvalue weighted by Crippen LogP contribution is -2.28. The zero-order valence-corrected chi connectivity index (χ0v) is 10.9. The van der Waals surface area contributed by atoms with E-state index in [0.717, 1.165) is 0 Å². The zero-order valence-electron chi connectivity index (χ0n) is 10.9. The number of imidazole rings is 1. The molecule has 21 heavy (non-hydrogen) atoms. The Morgan fingerprint density at radius 2 is 2.14 bits per heavy atom. The molecule has 0 aliphatic carbocycles. The summed E-state index contributed by atoms with van der Waals surface area (Å²) in [6.45, 7) is 0. The monoisotopic (exact) mass is 295 g/mol. The van der Waals surface area contributed by atoms with Gasteiger partial charge in [0.2, 0.25) is 12.0 Å². The van der Waals surface area contributed by atoms with Crippen molar-refractivity contribution in [3.05, 3.63) is 24.4 Å². The fourth-order valence-electron chi connectivity index (χ4n) is 2.14. The van der Waals surface area contributed by atoms with Gasteiger partial charge in [0.05, 0.1) is 7.11 Å². The average Bonchev–Trinajstić information content (AvgIpc) is 3.02. The molecular formula is C11H13N5O5. The van der Waals surface area contributed by atoms with Crippen molar-refractivity contribution in [3.8, 4) is 0 Å². The highest BCUT2D eigenvalue weighted by molar-refractivity contribution is 5.81. The van der Waals surface area contributed by atoms with Crippen molar-refractivity contribution in [1.29, 1.82) is 0 Å². The molecule has 0 amide bonds. The van der Waals surface area contributed by atoms with Crippen LogP contribution in [0.4, 0.5) is 5.82 Å². The Morgan fingerprint density at radius 1 is 1.38 bits per heavy atom. The molecule has 0 radical (unpaired) electrons. The highest BCUT2D eigenvalue weighted by atomic mass is 16.6. The van der Waals surface area contributed by atoms with E-state index in [1.165, 1.54) is 24.3 Å². The molecule has 1 fully saturated rings. The van der Waals surface area contributed by atoms with E-state index in [2.05, 4.69) is 19.7 Å². The number of ether oxygens (including phenoxy) is 2. The van der Waals surface area contributed by atoms with E-state index in [1.807, 2.05) is 0 Å². The van der Waals surface area contributed by atoms with Gasteiger partial charge >= 0.3 is 5.95 Å². The second kappa shape index (κ2) is 4.75. The maximum atomic E-state index is 10.1. The first kappa shape index (κ1) is 13.4. The van der Waals surface area contributed by atoms with Gasteiger partial charge in [-0.1, -0.05) is 0 Å². The Kier molecular flexibility index (Phi) is 3.03. The van der Waals surface area contributed by atoms with Crippen LogP contribution in [0.3, 0.4) is 0 Å². The van der Waals surface area contributed by atoms with Crippen molar-refractivity contribution in [3.63, 3.8) is 0 Å². The van der Waals surface area contributed by atoms with Gasteiger partial charge in [-0.2, -0.15) is 0 Å². The first-order valence-corrected chi connectivity index (χ1v) is 5.97. The largest absolute Gasteiger partial charge is 0.478 e. The van der Waals surface area contributed by atoms with Crippen LogP contribution in [0.2, 0.25) is 0 Å². The second-order valence-electron chi connectivity index (χ2n) is 4.40. The molecule has 10 heteroatoms. The predicted octanol–water partition coefficient (Wildman–Crippen LogP) is -0.967. The van der Waals surface area contributed by atoms with E-state index in [-0.39, 0.29) is 11.6 Å². The summed E-state index contributed by atoms with van der Waals surface area (Å²) in [4.78, 5) is 11.9. The van der Waals surface area contributed by atoms with E-state index in [0.29, 0.717) is 11.2 Å². The van der Waals surface area contributed by atoms with Crippen molar-refractivity contribution < 1.29 is 24.8 Å². The summed E-state index contributed by atoms with van der Waals surface area (Å²) in [5, 5.41) is 29.5. The number of aliphatic hydroxyl groups excluding tert-OH is 3. The molecule has 0 saturated carbocycles. The van der Waals surface area contributed by atoms with Crippen LogP contribution >= 0.6 is 0 Å². The van der Waals surface area contributed by atoms with Crippen molar-refractivity contribution in [2.24, 2.45) is 0 Å². The van der Waals surface area contributed by atoms with Crippen molar-refractivity contribution in [2.75, 3.05) is 12.8 Å². The van der Waals surface area contributed by atoms with Gasteiger partial charge < -0.3 is 30.5 Å². The van der Waals surface area contributed by atoms with Gasteiger partial charge in [0.15, 0.2) is 11.5 Å². The molecule has 3 heterocycles. The van der Waals surface area contributed by atoms with E-state index in [4.69, 9.17) is 10.5 Å². The summed E-state index contributed by atoms with van der Waals surface area (Å²) in [6.07, 6.45) is -1.22. The summed E-state index contributed by atoms with van der Waals surface area (Å²) in [5.74, 6) is -0.691. The molecule has 0 spiro atoms. The fourth-order valence-corrected chi connectivity index (χ4v) is 2.14. The lowest BCUT2D eigenvalue weighted by molar-refractivity contribution is -0.0137. The Hall–Kier alpha value is -2.59. The molecule has 0 bridgehead atoms. The van der Waals surface area contributed by atoms with Crippen molar-refractivity contribution in [2.45, 2.75) is 18.4 Å². The van der Waals surface area contributed by atoms with Crippen LogP contribution < -0.4 is 5.73 Å². The standard InChI is InChI=1S/C11H13N5O5/c1-20-11(19)7-5(17)6(18)10(21-7)16-3-15-4-8(12)13-2-14-9(4)16/h2-3,5-6,10,17-19H,1H3,(H2,12,13,14)/b11-7-/t5-,6+,10+/m0/s1. The Morgan fingerprint density at radius 3 is 2.86 bits per heavy atom. The van der Waals surface area contributed by atoms with Gasteiger partial charge in [-0.15, -0.1) is 0 Å². The number of nitrogens with two attached hydrogens (primary N) is 1. The minimum Gasteiger partial charge on any atom is -0.478 e. The third-order valence-corrected chi connectivity index (χ3v) is 3.20. The summed E-state index contributed by atoms with van der Waals surface area (Å²) >= 11 is 0. The number of anilines is 1. The van der Waals surface area contributed by atoms with Crippen LogP contribution in [0, 0.1) is 0 Å². The highest BCUT2D eigenvalue weighted by Crippen LogP contribution is 2.35. The molecule has 1 saturated heterocycles. The first-order valence-electron chi connectivity index (χ1n) is 5.97. The smallest absolute Gasteiger partial charge is 0.319 e. The van der Waals surface area contributed by atoms with Crippen LogP contribution in [0.25, 0.3) is 11.2 Å². The Bertz CT molecular complexity index is 714. The topological polar surface area (TPSA) is 149 Å². The fraction of sp³-hybridized carbons (Fsp3) is 0.364. The molecule has 5 N–H and O–H groups in total. The van der Waals surface area contributed by atoms with E-state index in [9.17, 15) is 15.3 Å². The maximum absolute atomic E-state index is 10.1. The Balaban J connectivity index is 2.06. The molecule has 3 atom stereocenters. The number of hydrogen-bond donors (Lipinski definition) is 4. The van der Waals surface area contributed by atoms with Gasteiger partial charge in [0, 0.05) is 0 Å². The van der Waals surface area contributed by atoms with E-state index >= 15 is 0 Å². The van der Waals surface area contributed by atoms with Crippen LogP contribution in [-0.2, 0) is 9.47 Å². The van der Waals surface area contributed by atoms with Crippen molar-refractivity contribution >= 4 is 17.0 Å². The molecule has 0 aromatic carbocycles. The molecule has 2 aromatic rings. The van der Waals surface area contributed by atoms with E-state index < -0.39 is 24.4 Å². The number of aromatic nitrogens is 4. The van der Waals surface area contributed by atoms with Gasteiger partial charge in [-0.05, 0) is 0 Å². The molecule has 3 rings (SSSR count). The quantitative estimate of drug-likeness (QED) is 0.513. The third kappa shape index (κ3) is 1.92. The number of rotatable bonds is 2. The zero-order chi connectivity index (χ0) is 15.1. The molecule has 2 aromatic heterocycles. The van der Waals surface area contributed by atoms with Gasteiger partial charge in [0.25, 0.3) is 0 Å². The molecule has 0 unspecified atom stereocenters. The number of nitrogen functional groups attached to an aromatic ring is 1. The van der Waals surface area contributed by atoms with Gasteiger partial charge in [-0.3, -0.25) is 4.57 Å². The van der Waals surface area contributed by atoms with Crippen molar-refractivity contribution in [1.82, 2.24) is 19.5 Å². The average molecular weight is 295 g/mol. The van der Waals surface area contributed by atoms with Gasteiger partial charge in [0.1, 0.15) is 30.4 Å². The van der Waals surface area contributed by atoms with Gasteiger partial charge in [-0.25, -0.2) is 15.0 Å². The van der Waals surface area contributed by atoms with Crippen LogP contribution in [-0.4, -0.2) is 54.2 Å². The second-order valence-corrected chi connectivity index (χ2v) is 4.40. The number of methoxy groups -OCH3 is 1. The molecule has 1 aliphatic rings. The summed E-state index contributed by atoms with van der Waals surface area (Å²) in [7, 11) is 1.21. The molecule has 1 aliphatic heterocycles. The molecule has 112 valence electrons. The van der Waals surface area contributed by atoms with Crippen LogP contribution in [0.5, 0.6) is 0 Å². The number of hydrogen-bond acceptors (Lipinski definition) is 9. The third-order valence-electron chi connectivity index (χ3n) is 3.20. The lowest BCUT2D eigenvalue weighted by Gasteiger charge is -2.15. The highest BCUT2D eigenvalue weighted by Gasteiger charge is 2.44. The number of aliphatic hydroxyl groups is 3. The lowest BCUT2D eigenvalue weighted by atomic mass is 10.2. The molecule has 10 nitrogen and oxygen atoms in total. The van der Waals surface area contributed by atoms with Crippen LogP contribution in [0.15, 0.2) is 24.4 Å². The van der Waals surface area contributed by atoms with E-state index in [1.54, 1.807) is 0 Å². The van der Waals surface area contributed by atoms with Crippen LogP contribution in [0.1, 0.15) is 6.23 Å². The summed E-state index contributed by atoms with van der Waals surface area (Å²) < 4.78 is 11.3.